The Morgan fingerprint density at radius 2 is 0.674 bits per heavy atom. The van der Waals surface area contributed by atoms with Crippen molar-refractivity contribution in [2.24, 2.45) is 5.41 Å². The summed E-state index contributed by atoms with van der Waals surface area (Å²) in [5.74, 6) is 4.73. The van der Waals surface area contributed by atoms with Crippen LogP contribution < -0.4 is 9.47 Å². The second-order valence-corrected chi connectivity index (χ2v) is 42.8. The summed E-state index contributed by atoms with van der Waals surface area (Å²) >= 11 is 3.63. The molecule has 0 aliphatic heterocycles. The van der Waals surface area contributed by atoms with Crippen molar-refractivity contribution < 1.29 is 35.0 Å². The van der Waals surface area contributed by atoms with Crippen LogP contribution >= 0.6 is 15.9 Å². The number of halogens is 1. The van der Waals surface area contributed by atoms with Crippen LogP contribution in [0.3, 0.4) is 0 Å². The maximum atomic E-state index is 9.71. The summed E-state index contributed by atoms with van der Waals surface area (Å²) in [5, 5.41) is 31.5. The van der Waals surface area contributed by atoms with Crippen molar-refractivity contribution in [2.45, 2.75) is 204 Å². The van der Waals surface area contributed by atoms with Crippen LogP contribution in [-0.2, 0) is 36.7 Å². The Kier molecular flexibility index (Phi) is 31.3. The molecule has 144 heavy (non-hydrogen) atoms. The number of benzene rings is 13. The molecule has 14 nitrogen and oxygen atoms in total. The average molecular weight is 2060 g/mol. The number of pyridine rings is 2. The summed E-state index contributed by atoms with van der Waals surface area (Å²) < 4.78 is 26.7. The molecule has 0 unspecified atom stereocenters. The molecule has 0 atom stereocenters. The Morgan fingerprint density at radius 3 is 1.17 bits per heavy atom. The smallest absolute Gasteiger partial charge is 0.509 e. The number of nitrogens with zero attached hydrogens (tertiary/aromatic N) is 11. The van der Waals surface area contributed by atoms with Crippen molar-refractivity contribution in [3.05, 3.63) is 404 Å². The van der Waals surface area contributed by atoms with E-state index in [4.69, 9.17) is 29.6 Å². The van der Waals surface area contributed by atoms with Gasteiger partial charge in [0.1, 0.15) is 28.9 Å². The minimum absolute atomic E-state index is 0. The second kappa shape index (κ2) is 42.7. The number of phenolic OH excluding ortho intramolecular Hbond substituents is 1. The van der Waals surface area contributed by atoms with E-state index in [1.54, 1.807) is 12.1 Å². The van der Waals surface area contributed by atoms with E-state index in [0.29, 0.717) is 16.9 Å². The van der Waals surface area contributed by atoms with Crippen molar-refractivity contribution >= 4 is 81.3 Å². The Hall–Kier alpha value is -14.3. The maximum absolute atomic E-state index is 9.71. The Balaban J connectivity index is 0.000000155. The molecule has 8 heterocycles. The van der Waals surface area contributed by atoms with Crippen molar-refractivity contribution in [3.8, 4) is 96.5 Å². The monoisotopic (exact) mass is 2060 g/mol. The van der Waals surface area contributed by atoms with Crippen molar-refractivity contribution in [2.75, 3.05) is 0 Å². The predicted molar refractivity (Wildman–Crippen MR) is 604 cm³/mol. The third kappa shape index (κ3) is 21.9. The number of hydrogen-bond donors (Lipinski definition) is 1. The first-order chi connectivity index (χ1) is 67.1. The topological polar surface area (TPSA) is 133 Å². The summed E-state index contributed by atoms with van der Waals surface area (Å²) in [5.41, 5.74) is 36.0. The van der Waals surface area contributed by atoms with Gasteiger partial charge in [-0.1, -0.05) is 266 Å². The van der Waals surface area contributed by atoms with E-state index in [2.05, 4.69) is 437 Å². The van der Waals surface area contributed by atoms with Gasteiger partial charge in [-0.3, -0.25) is 9.25 Å². The van der Waals surface area contributed by atoms with E-state index < -0.39 is 0 Å². The van der Waals surface area contributed by atoms with Crippen LogP contribution in [0.1, 0.15) is 189 Å². The van der Waals surface area contributed by atoms with Gasteiger partial charge in [0.15, 0.2) is 0 Å². The molecule has 0 saturated carbocycles. The van der Waals surface area contributed by atoms with Crippen molar-refractivity contribution in [1.82, 2.24) is 53.0 Å². The number of aromatic nitrogens is 11. The molecule has 0 radical (unpaired) electrons. The summed E-state index contributed by atoms with van der Waals surface area (Å²) in [7, 11) is 0. The molecule has 0 fully saturated rings. The van der Waals surface area contributed by atoms with Crippen LogP contribution in [0.5, 0.6) is 28.7 Å². The summed E-state index contributed by atoms with van der Waals surface area (Å²) in [4.78, 5) is 9.61. The molecular weight excluding hydrogens is 1930 g/mol. The number of rotatable bonds is 13. The summed E-state index contributed by atoms with van der Waals surface area (Å²) in [6.45, 7) is 54.3. The Bertz CT molecular complexity index is 7920. The fraction of sp³-hybridized carbons (Fsp3) is 0.242. The van der Waals surface area contributed by atoms with Gasteiger partial charge >= 0.3 is 20.4 Å². The summed E-state index contributed by atoms with van der Waals surface area (Å²) in [6.07, 6.45) is 3.80. The average Bonchev–Trinajstić information content (AvgIpc) is 1.59. The normalized spacial score (nSPS) is 11.5. The minimum atomic E-state index is 0. The number of phenols is 1. The van der Waals surface area contributed by atoms with Gasteiger partial charge in [0, 0.05) is 113 Å². The molecular formula is C128H134BrN11O3Pd. The van der Waals surface area contributed by atoms with E-state index in [1.807, 2.05) is 88.0 Å². The van der Waals surface area contributed by atoms with Crippen LogP contribution in [0.2, 0.25) is 0 Å². The molecule has 0 saturated heterocycles. The quantitative estimate of drug-likeness (QED) is 0.0891. The first kappa shape index (κ1) is 106. The van der Waals surface area contributed by atoms with E-state index in [-0.39, 0.29) is 57.3 Å². The Labute approximate surface area is 873 Å². The van der Waals surface area contributed by atoms with Crippen LogP contribution in [0.4, 0.5) is 0 Å². The SMILES string of the molecule is C.C.CC(C)(C)C.CC(C)(C)c1cccc(-n2c3ccccc3c3ccc(Br)cc32)c1.Cc1cccc(C)c1-c1c(C)nn(-c2[c-]c(Oc3[c-]c4c(cc3)c3ccccc3n4-c3cc(C(C)(C)C)ccn3)ccc2)c1C.Cc1cccc(C)c1-c1c(C)nn(-c2cccc(O)c2)c1C.Cc1cccc(C)c1-c1c(C)nn(-c2cccc(Oc3ccc4c5ccccc5n(-c5cc(C(C)(C)C)ccn5)c4c3)c2)c1C.[Pd+2]. The molecule has 1 N–H and O–H groups in total. The number of aryl methyl sites for hydroxylation is 9. The van der Waals surface area contributed by atoms with Crippen LogP contribution in [0, 0.1) is 101 Å². The molecule has 0 aliphatic rings. The van der Waals surface area contributed by atoms with Crippen LogP contribution in [0.25, 0.3) is 133 Å². The number of hydrogen-bond acceptors (Lipinski definition) is 8. The van der Waals surface area contributed by atoms with Gasteiger partial charge in [-0.15, -0.1) is 35.7 Å². The number of aromatic hydroxyl groups is 1. The van der Waals surface area contributed by atoms with E-state index >= 15 is 0 Å². The molecule has 736 valence electrons. The van der Waals surface area contributed by atoms with Crippen molar-refractivity contribution in [1.29, 1.82) is 0 Å². The van der Waals surface area contributed by atoms with Crippen molar-refractivity contribution in [3.63, 3.8) is 0 Å². The molecule has 13 aromatic carbocycles. The second-order valence-electron chi connectivity index (χ2n) is 41.9. The van der Waals surface area contributed by atoms with Crippen LogP contribution in [-0.4, -0.2) is 58.1 Å². The molecule has 0 amide bonds. The van der Waals surface area contributed by atoms with Gasteiger partial charge in [0.2, 0.25) is 0 Å². The first-order valence-corrected chi connectivity index (χ1v) is 49.3. The first-order valence-electron chi connectivity index (χ1n) is 48.5. The van der Waals surface area contributed by atoms with Gasteiger partial charge in [-0.2, -0.15) is 27.4 Å². The Morgan fingerprint density at radius 1 is 0.299 bits per heavy atom. The minimum Gasteiger partial charge on any atom is -0.509 e. The number of ether oxygens (including phenoxy) is 2. The molecule has 16 heteroatoms. The summed E-state index contributed by atoms with van der Waals surface area (Å²) in [6, 6.07) is 107. The largest absolute Gasteiger partial charge is 2.00 e. The zero-order chi connectivity index (χ0) is 100. The zero-order valence-corrected chi connectivity index (χ0v) is 89.4. The number of fused-ring (bicyclic) bond motifs is 9. The standard InChI is InChI=1S/C40H38N4O.C40H36N4O.C22H20BrN.C19H20N2O.C5H12.2CH4.Pd/c2*1-25-12-10-13-26(2)38(25)39-27(3)42-44(28(39)4)30-14-11-15-31(23-30)45-32-18-19-34-33-16-8-9-17-35(33)43(36(34)24-32)37-22-29(20-21-41-37)40(5,6)7;1-22(2,3)15-7-6-8-17(13-15)24-20-10-5-4-9-18(20)19-12-11-16(23)14-21(19)24;1-12-7-5-8-13(2)18(12)19-14(3)20-21(15(19)4)16-9-6-10-17(22)11-16;1-5(2,3)4;;;/h8-24H,1-7H3;8-22H,1-7H3;4-14H,1-3H3;5-11,22H,1-4H3;1-4H3;2*1H4;/q;-2;;;;;;+2. The third-order valence-corrected chi connectivity index (χ3v) is 26.6. The fourth-order valence-corrected chi connectivity index (χ4v) is 19.7. The maximum Gasteiger partial charge on any atom is 2.00 e. The van der Waals surface area contributed by atoms with Gasteiger partial charge < -0.3 is 23.7 Å². The van der Waals surface area contributed by atoms with Gasteiger partial charge in [-0.05, 0) is 286 Å². The van der Waals surface area contributed by atoms with Gasteiger partial charge in [-0.25, -0.2) is 19.3 Å². The molecule has 21 rings (SSSR count). The molecule has 0 spiro atoms. The van der Waals surface area contributed by atoms with Gasteiger partial charge in [0.05, 0.1) is 50.5 Å². The molecule has 21 aromatic rings. The fourth-order valence-electron chi connectivity index (χ4n) is 19.3. The van der Waals surface area contributed by atoms with E-state index in [9.17, 15) is 5.11 Å². The molecule has 8 aromatic heterocycles. The number of para-hydroxylation sites is 3. The van der Waals surface area contributed by atoms with Crippen LogP contribution in [0.15, 0.2) is 308 Å². The van der Waals surface area contributed by atoms with Gasteiger partial charge in [0.25, 0.3) is 0 Å². The molecule has 0 aliphatic carbocycles. The predicted octanol–water partition coefficient (Wildman–Crippen LogP) is 35.0. The van der Waals surface area contributed by atoms with E-state index in [1.165, 1.54) is 116 Å². The van der Waals surface area contributed by atoms with E-state index in [0.717, 1.165) is 117 Å². The third-order valence-electron chi connectivity index (χ3n) is 26.1. The molecule has 0 bridgehead atoms. The zero-order valence-electron chi connectivity index (χ0n) is 86.2.